The van der Waals surface area contributed by atoms with Crippen molar-refractivity contribution in [1.29, 1.82) is 0 Å². The zero-order valence-corrected chi connectivity index (χ0v) is 26.8. The van der Waals surface area contributed by atoms with Crippen LogP contribution in [0.25, 0.3) is 0 Å². The predicted octanol–water partition coefficient (Wildman–Crippen LogP) is 12.7. The number of esters is 1. The van der Waals surface area contributed by atoms with E-state index in [0.717, 1.165) is 38.5 Å². The Balaban J connectivity index is 3.38. The van der Waals surface area contributed by atoms with E-state index in [-0.39, 0.29) is 5.97 Å². The molecule has 0 N–H and O–H groups in total. The summed E-state index contributed by atoms with van der Waals surface area (Å²) in [6.45, 7) is 5.11. The first kappa shape index (κ1) is 38.2. The fraction of sp³-hybridized carbons (Fsp3) is 0.711. The number of rotatable bonds is 30. The Morgan fingerprint density at radius 2 is 0.775 bits per heavy atom. The third kappa shape index (κ3) is 34.2. The molecule has 0 amide bonds. The minimum Gasteiger partial charge on any atom is -0.466 e. The van der Waals surface area contributed by atoms with Gasteiger partial charge in [0.15, 0.2) is 0 Å². The molecule has 0 fully saturated rings. The molecule has 0 saturated heterocycles. The largest absolute Gasteiger partial charge is 0.466 e. The van der Waals surface area contributed by atoms with E-state index in [0.29, 0.717) is 13.0 Å². The lowest BCUT2D eigenvalue weighted by atomic mass is 10.1. The van der Waals surface area contributed by atoms with Crippen LogP contribution < -0.4 is 0 Å². The minimum atomic E-state index is -0.0383. The van der Waals surface area contributed by atoms with E-state index >= 15 is 0 Å². The number of carbonyl (C=O) groups is 1. The van der Waals surface area contributed by atoms with Crippen LogP contribution in [-0.2, 0) is 9.53 Å². The van der Waals surface area contributed by atoms with E-state index < -0.39 is 0 Å². The van der Waals surface area contributed by atoms with Crippen molar-refractivity contribution in [2.45, 2.75) is 168 Å². The van der Waals surface area contributed by atoms with Gasteiger partial charge in [0.25, 0.3) is 0 Å². The van der Waals surface area contributed by atoms with E-state index in [1.54, 1.807) is 0 Å². The number of ether oxygens (including phenoxy) is 1. The lowest BCUT2D eigenvalue weighted by Crippen LogP contribution is -2.05. The predicted molar refractivity (Wildman–Crippen MR) is 179 cm³/mol. The van der Waals surface area contributed by atoms with Gasteiger partial charge in [0, 0.05) is 6.42 Å². The van der Waals surface area contributed by atoms with Crippen molar-refractivity contribution in [3.05, 3.63) is 60.8 Å². The van der Waals surface area contributed by atoms with Gasteiger partial charge in [0.05, 0.1) is 6.61 Å². The highest BCUT2D eigenvalue weighted by atomic mass is 16.5. The molecule has 40 heavy (non-hydrogen) atoms. The van der Waals surface area contributed by atoms with Gasteiger partial charge in [-0.15, -0.1) is 0 Å². The molecule has 0 rings (SSSR count). The van der Waals surface area contributed by atoms with E-state index in [1.807, 2.05) is 0 Å². The lowest BCUT2D eigenvalue weighted by Gasteiger charge is -2.04. The van der Waals surface area contributed by atoms with Gasteiger partial charge < -0.3 is 4.74 Å². The molecule has 0 aromatic carbocycles. The molecule has 2 nitrogen and oxygen atoms in total. The second kappa shape index (κ2) is 35.2. The second-order valence-electron chi connectivity index (χ2n) is 11.1. The lowest BCUT2D eigenvalue weighted by molar-refractivity contribution is -0.143. The molecule has 0 unspecified atom stereocenters. The average molecular weight is 555 g/mol. The van der Waals surface area contributed by atoms with Crippen molar-refractivity contribution in [3.8, 4) is 0 Å². The molecular weight excluding hydrogens is 488 g/mol. The van der Waals surface area contributed by atoms with Crippen LogP contribution in [0, 0.1) is 0 Å². The Morgan fingerprint density at radius 1 is 0.425 bits per heavy atom. The smallest absolute Gasteiger partial charge is 0.305 e. The summed E-state index contributed by atoms with van der Waals surface area (Å²) in [5.41, 5.74) is 0. The third-order valence-corrected chi connectivity index (χ3v) is 7.13. The van der Waals surface area contributed by atoms with Crippen LogP contribution in [0.1, 0.15) is 168 Å². The number of carbonyl (C=O) groups excluding carboxylic acids is 1. The summed E-state index contributed by atoms with van der Waals surface area (Å²) in [6.07, 6.45) is 51.3. The van der Waals surface area contributed by atoms with Crippen LogP contribution in [0.15, 0.2) is 60.8 Å². The molecule has 230 valence electrons. The van der Waals surface area contributed by atoms with Crippen LogP contribution in [0.2, 0.25) is 0 Å². The maximum Gasteiger partial charge on any atom is 0.305 e. The average Bonchev–Trinajstić information content (AvgIpc) is 2.96. The van der Waals surface area contributed by atoms with E-state index in [4.69, 9.17) is 4.74 Å². The molecular formula is C38H66O2. The maximum absolute atomic E-state index is 11.9. The maximum atomic E-state index is 11.9. The first-order chi connectivity index (χ1) is 19.8. The Morgan fingerprint density at radius 3 is 1.30 bits per heavy atom. The van der Waals surface area contributed by atoms with Crippen molar-refractivity contribution in [2.75, 3.05) is 6.61 Å². The quantitative estimate of drug-likeness (QED) is 0.0501. The van der Waals surface area contributed by atoms with E-state index in [2.05, 4.69) is 74.6 Å². The molecule has 0 saturated carbocycles. The fourth-order valence-corrected chi connectivity index (χ4v) is 4.53. The van der Waals surface area contributed by atoms with Gasteiger partial charge in [-0.1, -0.05) is 145 Å². The van der Waals surface area contributed by atoms with Crippen LogP contribution in [0.4, 0.5) is 0 Å². The summed E-state index contributed by atoms with van der Waals surface area (Å²) in [4.78, 5) is 11.9. The highest BCUT2D eigenvalue weighted by Crippen LogP contribution is 2.10. The van der Waals surface area contributed by atoms with Crippen molar-refractivity contribution >= 4 is 5.97 Å². The van der Waals surface area contributed by atoms with Crippen molar-refractivity contribution < 1.29 is 9.53 Å². The number of allylic oxidation sites excluding steroid dienone is 10. The topological polar surface area (TPSA) is 26.3 Å². The van der Waals surface area contributed by atoms with Gasteiger partial charge in [0.1, 0.15) is 0 Å². The zero-order valence-electron chi connectivity index (χ0n) is 26.8. The summed E-state index contributed by atoms with van der Waals surface area (Å²) in [5.74, 6) is -0.0383. The summed E-state index contributed by atoms with van der Waals surface area (Å²) in [5, 5.41) is 0. The molecule has 0 bridgehead atoms. The molecule has 0 aliphatic carbocycles. The molecule has 0 atom stereocenters. The second-order valence-corrected chi connectivity index (χ2v) is 11.1. The van der Waals surface area contributed by atoms with Crippen molar-refractivity contribution in [3.63, 3.8) is 0 Å². The standard InChI is InChI=1S/C38H66O2/c1-3-5-7-9-11-13-15-17-19-21-22-24-26-28-30-32-34-36-38(39)40-37-35-33-31-29-27-25-23-20-18-16-14-12-10-8-6-4-2/h11,13,17-20,22,24,28,30H,3-10,12,14-16,21,23,25-27,29,31-37H2,1-2H3/b13-11+,19-17+,20-18+,24-22+,30-28+. The van der Waals surface area contributed by atoms with Gasteiger partial charge in [-0.25, -0.2) is 0 Å². The van der Waals surface area contributed by atoms with Gasteiger partial charge in [-0.3, -0.25) is 4.79 Å². The number of hydrogen-bond donors (Lipinski definition) is 0. The van der Waals surface area contributed by atoms with Crippen LogP contribution in [0.3, 0.4) is 0 Å². The zero-order chi connectivity index (χ0) is 29.0. The monoisotopic (exact) mass is 555 g/mol. The normalized spacial score (nSPS) is 12.3. The molecule has 0 aromatic heterocycles. The van der Waals surface area contributed by atoms with Gasteiger partial charge in [-0.05, 0) is 77.0 Å². The molecule has 0 heterocycles. The molecule has 2 heteroatoms. The summed E-state index contributed by atoms with van der Waals surface area (Å²) >= 11 is 0. The SMILES string of the molecule is CCCCC/C=C/C/C=C/C/C=C/C/C=C/CCCC(=O)OCCCCCCCC/C=C/CCCCCCCC. The van der Waals surface area contributed by atoms with Gasteiger partial charge in [-0.2, -0.15) is 0 Å². The van der Waals surface area contributed by atoms with E-state index in [9.17, 15) is 4.79 Å². The third-order valence-electron chi connectivity index (χ3n) is 7.13. The summed E-state index contributed by atoms with van der Waals surface area (Å²) < 4.78 is 5.40. The van der Waals surface area contributed by atoms with E-state index in [1.165, 1.54) is 109 Å². The minimum absolute atomic E-state index is 0.0383. The number of unbranched alkanes of at least 4 members (excludes halogenated alkanes) is 16. The Kier molecular flexibility index (Phi) is 33.6. The van der Waals surface area contributed by atoms with Crippen LogP contribution >= 0.6 is 0 Å². The summed E-state index contributed by atoms with van der Waals surface area (Å²) in [7, 11) is 0. The number of hydrogen-bond acceptors (Lipinski definition) is 2. The molecule has 0 radical (unpaired) electrons. The van der Waals surface area contributed by atoms with Crippen LogP contribution in [-0.4, -0.2) is 12.6 Å². The Bertz CT molecular complexity index is 652. The van der Waals surface area contributed by atoms with Crippen molar-refractivity contribution in [2.24, 2.45) is 0 Å². The molecule has 0 aliphatic heterocycles. The molecule has 0 aliphatic rings. The van der Waals surface area contributed by atoms with Gasteiger partial charge in [0.2, 0.25) is 0 Å². The Hall–Kier alpha value is -1.83. The summed E-state index contributed by atoms with van der Waals surface area (Å²) in [6, 6.07) is 0. The highest BCUT2D eigenvalue weighted by Gasteiger charge is 2.01. The molecule has 0 aromatic rings. The van der Waals surface area contributed by atoms with Crippen LogP contribution in [0.5, 0.6) is 0 Å². The highest BCUT2D eigenvalue weighted by molar-refractivity contribution is 5.69. The Labute approximate surface area is 250 Å². The van der Waals surface area contributed by atoms with Crippen molar-refractivity contribution in [1.82, 2.24) is 0 Å². The fourth-order valence-electron chi connectivity index (χ4n) is 4.53. The first-order valence-corrected chi connectivity index (χ1v) is 17.2. The van der Waals surface area contributed by atoms with Gasteiger partial charge >= 0.3 is 5.97 Å². The molecule has 0 spiro atoms. The first-order valence-electron chi connectivity index (χ1n) is 17.2.